The molecule has 0 aromatic heterocycles. The predicted molar refractivity (Wildman–Crippen MR) is 77.2 cm³/mol. The molecule has 0 fully saturated rings. The van der Waals surface area contributed by atoms with E-state index in [0.29, 0.717) is 5.69 Å². The summed E-state index contributed by atoms with van der Waals surface area (Å²) in [6.07, 6.45) is 0. The number of anilines is 1. The van der Waals surface area contributed by atoms with Crippen molar-refractivity contribution in [3.63, 3.8) is 0 Å². The average Bonchev–Trinajstić information content (AvgIpc) is 2.36. The Balaban J connectivity index is 2.58. The maximum atomic E-state index is 10.7. The second kappa shape index (κ2) is 6.54. The molecule has 5 nitrogen and oxygen atoms in total. The van der Waals surface area contributed by atoms with Crippen LogP contribution in [0, 0.1) is 0 Å². The summed E-state index contributed by atoms with van der Waals surface area (Å²) in [6, 6.07) is 7.24. The Morgan fingerprint density at radius 3 is 2.42 bits per heavy atom. The van der Waals surface area contributed by atoms with Gasteiger partial charge in [0.15, 0.2) is 0 Å². The molecule has 0 aliphatic rings. The van der Waals surface area contributed by atoms with Crippen molar-refractivity contribution in [2.24, 2.45) is 5.73 Å². The van der Waals surface area contributed by atoms with Crippen molar-refractivity contribution in [1.29, 1.82) is 0 Å². The minimum atomic E-state index is -0.555. The van der Waals surface area contributed by atoms with Gasteiger partial charge in [0, 0.05) is 25.4 Å². The van der Waals surface area contributed by atoms with Crippen molar-refractivity contribution < 1.29 is 9.53 Å². The Labute approximate surface area is 114 Å². The number of hydrogen-bond acceptors (Lipinski definition) is 3. The van der Waals surface area contributed by atoms with Gasteiger partial charge in [0.05, 0.1) is 5.60 Å². The molecule has 0 spiro atoms. The van der Waals surface area contributed by atoms with Crippen LogP contribution in [0.5, 0.6) is 0 Å². The summed E-state index contributed by atoms with van der Waals surface area (Å²) < 4.78 is 5.36. The largest absolute Gasteiger partial charge is 0.377 e. The van der Waals surface area contributed by atoms with E-state index in [1.165, 1.54) is 0 Å². The topological polar surface area (TPSA) is 76.4 Å². The Hall–Kier alpha value is -1.59. The highest BCUT2D eigenvalue weighted by Gasteiger charge is 2.17. The molecule has 1 aromatic carbocycles. The lowest BCUT2D eigenvalue weighted by Crippen LogP contribution is -2.37. The number of ether oxygens (including phenoxy) is 1. The Morgan fingerprint density at radius 2 is 1.95 bits per heavy atom. The third kappa shape index (κ3) is 5.28. The molecule has 1 rings (SSSR count). The fraction of sp³-hybridized carbons (Fsp3) is 0.500. The van der Waals surface area contributed by atoms with Crippen molar-refractivity contribution in [3.05, 3.63) is 29.8 Å². The zero-order valence-corrected chi connectivity index (χ0v) is 12.0. The van der Waals surface area contributed by atoms with E-state index in [-0.39, 0.29) is 11.6 Å². The summed E-state index contributed by atoms with van der Waals surface area (Å²) in [7, 11) is 1.71. The van der Waals surface area contributed by atoms with E-state index in [2.05, 4.69) is 17.6 Å². The molecular weight excluding hydrogens is 242 g/mol. The highest BCUT2D eigenvalue weighted by atomic mass is 16.5. The van der Waals surface area contributed by atoms with Crippen molar-refractivity contribution in [1.82, 2.24) is 5.32 Å². The Morgan fingerprint density at radius 1 is 1.37 bits per heavy atom. The number of urea groups is 1. The van der Waals surface area contributed by atoms with Gasteiger partial charge < -0.3 is 21.1 Å². The fourth-order valence-electron chi connectivity index (χ4n) is 1.59. The van der Waals surface area contributed by atoms with Gasteiger partial charge in [-0.25, -0.2) is 4.79 Å². The van der Waals surface area contributed by atoms with E-state index < -0.39 is 6.03 Å². The quantitative estimate of drug-likeness (QED) is 0.738. The van der Waals surface area contributed by atoms with Gasteiger partial charge in [-0.15, -0.1) is 0 Å². The van der Waals surface area contributed by atoms with Gasteiger partial charge in [0.2, 0.25) is 0 Å². The summed E-state index contributed by atoms with van der Waals surface area (Å²) in [4.78, 5) is 10.7. The van der Waals surface area contributed by atoms with Gasteiger partial charge >= 0.3 is 6.03 Å². The molecule has 1 unspecified atom stereocenters. The smallest absolute Gasteiger partial charge is 0.316 e. The molecule has 1 atom stereocenters. The molecule has 0 aliphatic carbocycles. The molecule has 1 aromatic rings. The van der Waals surface area contributed by atoms with Crippen molar-refractivity contribution in [2.75, 3.05) is 19.0 Å². The van der Waals surface area contributed by atoms with Crippen LogP contribution in [0.3, 0.4) is 0 Å². The van der Waals surface area contributed by atoms with E-state index in [9.17, 15) is 4.79 Å². The maximum Gasteiger partial charge on any atom is 0.316 e. The number of carbonyl (C=O) groups is 1. The first-order valence-corrected chi connectivity index (χ1v) is 6.29. The van der Waals surface area contributed by atoms with Crippen LogP contribution in [0.15, 0.2) is 24.3 Å². The number of methoxy groups -OCH3 is 1. The maximum absolute atomic E-state index is 10.7. The standard InChI is InChI=1S/C14H23N3O2/c1-10(16-9-14(2,3)19-4)11-5-7-12(8-6-11)17-13(15)18/h5-8,10,16H,9H2,1-4H3,(H3,15,17,18). The van der Waals surface area contributed by atoms with Crippen LogP contribution in [-0.4, -0.2) is 25.3 Å². The van der Waals surface area contributed by atoms with Crippen molar-refractivity contribution >= 4 is 11.7 Å². The number of benzene rings is 1. The van der Waals surface area contributed by atoms with Crippen LogP contribution >= 0.6 is 0 Å². The predicted octanol–water partition coefficient (Wildman–Crippen LogP) is 2.25. The van der Waals surface area contributed by atoms with E-state index in [1.54, 1.807) is 7.11 Å². The van der Waals surface area contributed by atoms with Gasteiger partial charge in [-0.1, -0.05) is 12.1 Å². The molecular formula is C14H23N3O2. The highest BCUT2D eigenvalue weighted by Crippen LogP contribution is 2.17. The minimum absolute atomic E-state index is 0.193. The van der Waals surface area contributed by atoms with Crippen LogP contribution in [0.25, 0.3) is 0 Å². The van der Waals surface area contributed by atoms with Crippen LogP contribution in [-0.2, 0) is 4.74 Å². The fourth-order valence-corrected chi connectivity index (χ4v) is 1.59. The average molecular weight is 265 g/mol. The molecule has 0 bridgehead atoms. The first-order chi connectivity index (χ1) is 8.84. The molecule has 4 N–H and O–H groups in total. The second-order valence-corrected chi connectivity index (χ2v) is 5.18. The third-order valence-corrected chi connectivity index (χ3v) is 3.06. The highest BCUT2D eigenvalue weighted by molar-refractivity contribution is 5.87. The van der Waals surface area contributed by atoms with Gasteiger partial charge in [-0.05, 0) is 38.5 Å². The number of nitrogens with two attached hydrogens (primary N) is 1. The Bertz CT molecular complexity index is 415. The molecule has 0 aliphatic heterocycles. The summed E-state index contributed by atoms with van der Waals surface area (Å²) in [6.45, 7) is 6.91. The zero-order chi connectivity index (χ0) is 14.5. The lowest BCUT2D eigenvalue weighted by molar-refractivity contribution is 0.0214. The van der Waals surface area contributed by atoms with E-state index >= 15 is 0 Å². The lowest BCUT2D eigenvalue weighted by Gasteiger charge is -2.26. The monoisotopic (exact) mass is 265 g/mol. The number of nitrogens with one attached hydrogen (secondary N) is 2. The Kier molecular flexibility index (Phi) is 5.32. The van der Waals surface area contributed by atoms with Gasteiger partial charge in [-0.2, -0.15) is 0 Å². The first-order valence-electron chi connectivity index (χ1n) is 6.29. The zero-order valence-electron chi connectivity index (χ0n) is 12.0. The molecule has 19 heavy (non-hydrogen) atoms. The normalized spacial score (nSPS) is 13.1. The molecule has 0 radical (unpaired) electrons. The van der Waals surface area contributed by atoms with Gasteiger partial charge in [-0.3, -0.25) is 0 Å². The summed E-state index contributed by atoms with van der Waals surface area (Å²) in [5, 5.41) is 5.95. The number of rotatable bonds is 6. The van der Waals surface area contributed by atoms with Crippen molar-refractivity contribution in [2.45, 2.75) is 32.4 Å². The molecule has 0 saturated carbocycles. The van der Waals surface area contributed by atoms with E-state index in [4.69, 9.17) is 10.5 Å². The molecule has 106 valence electrons. The lowest BCUT2D eigenvalue weighted by atomic mass is 10.1. The second-order valence-electron chi connectivity index (χ2n) is 5.18. The van der Waals surface area contributed by atoms with Crippen LogP contribution in [0.2, 0.25) is 0 Å². The summed E-state index contributed by atoms with van der Waals surface area (Å²) >= 11 is 0. The van der Waals surface area contributed by atoms with Gasteiger partial charge in [0.1, 0.15) is 0 Å². The molecule has 2 amide bonds. The van der Waals surface area contributed by atoms with Crippen LogP contribution in [0.1, 0.15) is 32.4 Å². The third-order valence-electron chi connectivity index (χ3n) is 3.06. The first kappa shape index (κ1) is 15.5. The van der Waals surface area contributed by atoms with Crippen LogP contribution in [0.4, 0.5) is 10.5 Å². The molecule has 0 saturated heterocycles. The number of amides is 2. The van der Waals surface area contributed by atoms with Crippen LogP contribution < -0.4 is 16.4 Å². The van der Waals surface area contributed by atoms with E-state index in [1.807, 2.05) is 38.1 Å². The summed E-state index contributed by atoms with van der Waals surface area (Å²) in [5.74, 6) is 0. The van der Waals surface area contributed by atoms with Gasteiger partial charge in [0.25, 0.3) is 0 Å². The summed E-state index contributed by atoms with van der Waals surface area (Å²) in [5.41, 5.74) is 6.70. The SMILES string of the molecule is COC(C)(C)CNC(C)c1ccc(NC(N)=O)cc1. The van der Waals surface area contributed by atoms with Crippen molar-refractivity contribution in [3.8, 4) is 0 Å². The number of carbonyl (C=O) groups excluding carboxylic acids is 1. The molecule has 0 heterocycles. The molecule has 5 heteroatoms. The number of primary amides is 1. The number of hydrogen-bond donors (Lipinski definition) is 3. The van der Waals surface area contributed by atoms with E-state index in [0.717, 1.165) is 12.1 Å². The minimum Gasteiger partial charge on any atom is -0.377 e.